The molecule has 2 N–H and O–H groups in total. The van der Waals surface area contributed by atoms with Crippen molar-refractivity contribution in [1.29, 1.82) is 0 Å². The van der Waals surface area contributed by atoms with Crippen LogP contribution in [0.25, 0.3) is 0 Å². The minimum Gasteiger partial charge on any atom is -0.396 e. The molecule has 1 fully saturated rings. The third kappa shape index (κ3) is 3.75. The lowest BCUT2D eigenvalue weighted by molar-refractivity contribution is 0.0477. The molecule has 0 bridgehead atoms. The number of ether oxygens (including phenoxy) is 1. The number of hydrogen-bond donors (Lipinski definition) is 2. The van der Waals surface area contributed by atoms with E-state index in [1.165, 1.54) is 0 Å². The third-order valence-electron chi connectivity index (χ3n) is 3.80. The van der Waals surface area contributed by atoms with Crippen LogP contribution in [-0.4, -0.2) is 41.4 Å². The van der Waals surface area contributed by atoms with Crippen LogP contribution in [0, 0.1) is 5.92 Å². The van der Waals surface area contributed by atoms with E-state index < -0.39 is 0 Å². The van der Waals surface area contributed by atoms with Crippen molar-refractivity contribution in [3.63, 3.8) is 0 Å². The zero-order valence-electron chi connectivity index (χ0n) is 11.6. The fourth-order valence-electron chi connectivity index (χ4n) is 2.68. The van der Waals surface area contributed by atoms with Gasteiger partial charge in [0.25, 0.3) is 5.91 Å². The largest absolute Gasteiger partial charge is 0.396 e. The summed E-state index contributed by atoms with van der Waals surface area (Å²) in [6, 6.07) is 1.63. The van der Waals surface area contributed by atoms with Crippen LogP contribution < -0.4 is 5.32 Å². The zero-order valence-corrected chi connectivity index (χ0v) is 12.4. The number of hydrogen-bond acceptors (Lipinski definition) is 3. The lowest BCUT2D eigenvalue weighted by atomic mass is 9.90. The van der Waals surface area contributed by atoms with Gasteiger partial charge in [-0.2, -0.15) is 0 Å². The van der Waals surface area contributed by atoms with Gasteiger partial charge in [0.2, 0.25) is 0 Å². The van der Waals surface area contributed by atoms with Crippen molar-refractivity contribution in [1.82, 2.24) is 9.88 Å². The SMILES string of the molecule is Cn1cc(Cl)cc1C(=O)NC(CCO)C1CCOCC1. The van der Waals surface area contributed by atoms with Crippen molar-refractivity contribution < 1.29 is 14.6 Å². The maximum absolute atomic E-state index is 12.3. The number of nitrogens with zero attached hydrogens (tertiary/aromatic N) is 1. The van der Waals surface area contributed by atoms with E-state index in [-0.39, 0.29) is 18.6 Å². The first-order chi connectivity index (χ1) is 9.61. The number of amides is 1. The molecule has 0 spiro atoms. The first-order valence-electron chi connectivity index (χ1n) is 6.93. The maximum atomic E-state index is 12.3. The molecule has 1 saturated heterocycles. The molecular formula is C14H21ClN2O3. The summed E-state index contributed by atoms with van der Waals surface area (Å²) in [5.74, 6) is 0.208. The predicted octanol–water partition coefficient (Wildman–Crippen LogP) is 1.59. The monoisotopic (exact) mass is 300 g/mol. The molecule has 1 aliphatic heterocycles. The second kappa shape index (κ2) is 7.11. The first-order valence-corrected chi connectivity index (χ1v) is 7.31. The van der Waals surface area contributed by atoms with Crippen molar-refractivity contribution in [3.05, 3.63) is 23.0 Å². The molecule has 1 unspecified atom stereocenters. The number of aryl methyl sites for hydroxylation is 1. The lowest BCUT2D eigenvalue weighted by Gasteiger charge is -2.30. The van der Waals surface area contributed by atoms with Gasteiger partial charge in [0.15, 0.2) is 0 Å². The smallest absolute Gasteiger partial charge is 0.268 e. The number of carbonyl (C=O) groups excluding carboxylic acids is 1. The summed E-state index contributed by atoms with van der Waals surface area (Å²) in [6.07, 6.45) is 4.10. The average molecular weight is 301 g/mol. The van der Waals surface area contributed by atoms with Gasteiger partial charge in [0.1, 0.15) is 5.69 Å². The van der Waals surface area contributed by atoms with Gasteiger partial charge in [0, 0.05) is 39.1 Å². The molecule has 6 heteroatoms. The molecule has 1 aromatic heterocycles. The van der Waals surface area contributed by atoms with Gasteiger partial charge in [-0.3, -0.25) is 4.79 Å². The van der Waals surface area contributed by atoms with E-state index in [0.717, 1.165) is 26.1 Å². The van der Waals surface area contributed by atoms with E-state index >= 15 is 0 Å². The molecule has 1 aliphatic rings. The minimum absolute atomic E-state index is 0.0231. The summed E-state index contributed by atoms with van der Waals surface area (Å²) in [4.78, 5) is 12.3. The number of nitrogens with one attached hydrogen (secondary N) is 1. The van der Waals surface area contributed by atoms with E-state index in [1.54, 1.807) is 23.9 Å². The average Bonchev–Trinajstić information content (AvgIpc) is 2.78. The Morgan fingerprint density at radius 1 is 1.60 bits per heavy atom. The van der Waals surface area contributed by atoms with Crippen LogP contribution in [-0.2, 0) is 11.8 Å². The Hall–Kier alpha value is -1.04. The van der Waals surface area contributed by atoms with E-state index in [1.807, 2.05) is 0 Å². The maximum Gasteiger partial charge on any atom is 0.268 e. The fourth-order valence-corrected chi connectivity index (χ4v) is 2.93. The molecule has 5 nitrogen and oxygen atoms in total. The third-order valence-corrected chi connectivity index (χ3v) is 4.00. The number of halogens is 1. The normalized spacial score (nSPS) is 17.9. The lowest BCUT2D eigenvalue weighted by Crippen LogP contribution is -2.43. The van der Waals surface area contributed by atoms with Crippen LogP contribution in [0.5, 0.6) is 0 Å². The Morgan fingerprint density at radius 2 is 2.30 bits per heavy atom. The van der Waals surface area contributed by atoms with Crippen molar-refractivity contribution in [2.45, 2.75) is 25.3 Å². The molecule has 2 rings (SSSR count). The Kier molecular flexibility index (Phi) is 5.46. The highest BCUT2D eigenvalue weighted by atomic mass is 35.5. The van der Waals surface area contributed by atoms with Crippen molar-refractivity contribution in [3.8, 4) is 0 Å². The van der Waals surface area contributed by atoms with Crippen LogP contribution in [0.4, 0.5) is 0 Å². The van der Waals surface area contributed by atoms with Crippen LogP contribution in [0.3, 0.4) is 0 Å². The molecule has 112 valence electrons. The van der Waals surface area contributed by atoms with Gasteiger partial charge in [-0.25, -0.2) is 0 Å². The topological polar surface area (TPSA) is 63.5 Å². The Bertz CT molecular complexity index is 455. The Labute approximate surface area is 123 Å². The van der Waals surface area contributed by atoms with E-state index in [2.05, 4.69) is 5.32 Å². The minimum atomic E-state index is -0.149. The van der Waals surface area contributed by atoms with Crippen molar-refractivity contribution >= 4 is 17.5 Å². The van der Waals surface area contributed by atoms with E-state index in [4.69, 9.17) is 16.3 Å². The van der Waals surface area contributed by atoms with Gasteiger partial charge in [0.05, 0.1) is 5.02 Å². The second-order valence-corrected chi connectivity index (χ2v) is 5.63. The Balaban J connectivity index is 2.03. The molecule has 1 amide bonds. The number of rotatable bonds is 5. The molecule has 0 aliphatic carbocycles. The highest BCUT2D eigenvalue weighted by Gasteiger charge is 2.26. The number of aliphatic hydroxyl groups excluding tert-OH is 1. The molecule has 0 saturated carbocycles. The van der Waals surface area contributed by atoms with Crippen LogP contribution in [0.15, 0.2) is 12.3 Å². The number of aromatic nitrogens is 1. The highest BCUT2D eigenvalue weighted by molar-refractivity contribution is 6.31. The number of aliphatic hydroxyl groups is 1. The predicted molar refractivity (Wildman–Crippen MR) is 76.9 cm³/mol. The second-order valence-electron chi connectivity index (χ2n) is 5.20. The van der Waals surface area contributed by atoms with Gasteiger partial charge < -0.3 is 19.7 Å². The van der Waals surface area contributed by atoms with E-state index in [0.29, 0.717) is 23.1 Å². The molecular weight excluding hydrogens is 280 g/mol. The Morgan fingerprint density at radius 3 is 2.85 bits per heavy atom. The summed E-state index contributed by atoms with van der Waals surface area (Å²) in [5, 5.41) is 12.8. The molecule has 20 heavy (non-hydrogen) atoms. The number of carbonyl (C=O) groups is 1. The fraction of sp³-hybridized carbons (Fsp3) is 0.643. The molecule has 1 aromatic rings. The van der Waals surface area contributed by atoms with Gasteiger partial charge in [-0.05, 0) is 31.2 Å². The zero-order chi connectivity index (χ0) is 14.5. The van der Waals surface area contributed by atoms with Crippen molar-refractivity contribution in [2.24, 2.45) is 13.0 Å². The summed E-state index contributed by atoms with van der Waals surface area (Å²) in [5.41, 5.74) is 0.532. The summed E-state index contributed by atoms with van der Waals surface area (Å²) < 4.78 is 7.05. The van der Waals surface area contributed by atoms with Gasteiger partial charge in [-0.1, -0.05) is 11.6 Å². The molecule has 0 radical (unpaired) electrons. The first kappa shape index (κ1) is 15.4. The van der Waals surface area contributed by atoms with E-state index in [9.17, 15) is 9.90 Å². The van der Waals surface area contributed by atoms with Gasteiger partial charge >= 0.3 is 0 Å². The standard InChI is InChI=1S/C14H21ClN2O3/c1-17-9-11(15)8-13(17)14(19)16-12(2-5-18)10-3-6-20-7-4-10/h8-10,12,18H,2-7H2,1H3,(H,16,19). The molecule has 1 atom stereocenters. The van der Waals surface area contributed by atoms with Crippen LogP contribution in [0.1, 0.15) is 29.8 Å². The molecule has 0 aromatic carbocycles. The highest BCUT2D eigenvalue weighted by Crippen LogP contribution is 2.21. The summed E-state index contributed by atoms with van der Waals surface area (Å²) >= 11 is 5.90. The quantitative estimate of drug-likeness (QED) is 0.868. The van der Waals surface area contributed by atoms with Crippen LogP contribution in [0.2, 0.25) is 5.02 Å². The van der Waals surface area contributed by atoms with Crippen molar-refractivity contribution in [2.75, 3.05) is 19.8 Å². The summed E-state index contributed by atoms with van der Waals surface area (Å²) in [6.45, 7) is 1.51. The van der Waals surface area contributed by atoms with Gasteiger partial charge in [-0.15, -0.1) is 0 Å². The molecule has 2 heterocycles. The van der Waals surface area contributed by atoms with Crippen LogP contribution >= 0.6 is 11.6 Å². The summed E-state index contributed by atoms with van der Waals surface area (Å²) in [7, 11) is 1.79.